The number of carbonyl (C=O) groups is 2. The number of urea groups is 1. The van der Waals surface area contributed by atoms with Crippen molar-refractivity contribution in [1.82, 2.24) is 10.2 Å². The molecule has 0 saturated carbocycles. The van der Waals surface area contributed by atoms with E-state index in [9.17, 15) is 9.59 Å². The first kappa shape index (κ1) is 10.5. The second-order valence-electron chi connectivity index (χ2n) is 3.73. The fourth-order valence-corrected chi connectivity index (χ4v) is 1.48. The van der Waals surface area contributed by atoms with Crippen molar-refractivity contribution in [1.29, 1.82) is 0 Å². The average Bonchev–Trinajstić information content (AvgIpc) is 2.63. The van der Waals surface area contributed by atoms with Crippen LogP contribution in [0, 0.1) is 5.92 Å². The van der Waals surface area contributed by atoms with Crippen LogP contribution in [0.5, 0.6) is 0 Å². The molecule has 6 heteroatoms. The number of nitrogens with zero attached hydrogens (tertiary/aromatic N) is 1. The highest BCUT2D eigenvalue weighted by Crippen LogP contribution is 2.15. The van der Waals surface area contributed by atoms with Gasteiger partial charge in [-0.1, -0.05) is 0 Å². The Labute approximate surface area is 91.8 Å². The van der Waals surface area contributed by atoms with Crippen LogP contribution in [0.25, 0.3) is 0 Å². The Hall–Kier alpha value is -1.98. The van der Waals surface area contributed by atoms with E-state index in [0.717, 1.165) is 5.56 Å². The largest absolute Gasteiger partial charge is 0.481 e. The molecule has 2 amide bonds. The highest BCUT2D eigenvalue weighted by Gasteiger charge is 2.35. The Kier molecular flexibility index (Phi) is 2.80. The summed E-state index contributed by atoms with van der Waals surface area (Å²) in [5.74, 6) is -1.27. The molecule has 2 rings (SSSR count). The summed E-state index contributed by atoms with van der Waals surface area (Å²) in [4.78, 5) is 23.5. The van der Waals surface area contributed by atoms with Gasteiger partial charge in [-0.15, -0.1) is 0 Å². The molecule has 1 fully saturated rings. The smallest absolute Gasteiger partial charge is 0.317 e. The van der Waals surface area contributed by atoms with Crippen LogP contribution in [0.3, 0.4) is 0 Å². The van der Waals surface area contributed by atoms with Gasteiger partial charge in [0.15, 0.2) is 0 Å². The van der Waals surface area contributed by atoms with Gasteiger partial charge in [0.2, 0.25) is 0 Å². The number of carboxylic acids is 1. The number of hydrogen-bond acceptors (Lipinski definition) is 3. The van der Waals surface area contributed by atoms with Crippen LogP contribution in [0.2, 0.25) is 0 Å². The molecule has 0 spiro atoms. The van der Waals surface area contributed by atoms with Crippen LogP contribution in [0.15, 0.2) is 23.0 Å². The monoisotopic (exact) mass is 224 g/mol. The summed E-state index contributed by atoms with van der Waals surface area (Å²) in [5, 5.41) is 11.3. The molecule has 1 aliphatic heterocycles. The van der Waals surface area contributed by atoms with E-state index in [1.54, 1.807) is 12.3 Å². The topological polar surface area (TPSA) is 82.8 Å². The van der Waals surface area contributed by atoms with Gasteiger partial charge in [-0.05, 0) is 6.07 Å². The van der Waals surface area contributed by atoms with Crippen molar-refractivity contribution in [3.05, 3.63) is 24.2 Å². The Morgan fingerprint density at radius 2 is 2.31 bits per heavy atom. The van der Waals surface area contributed by atoms with E-state index in [1.807, 2.05) is 0 Å². The average molecular weight is 224 g/mol. The van der Waals surface area contributed by atoms with E-state index >= 15 is 0 Å². The summed E-state index contributed by atoms with van der Waals surface area (Å²) in [6.45, 7) is 0.961. The number of amides is 2. The van der Waals surface area contributed by atoms with Gasteiger partial charge in [0, 0.05) is 25.2 Å². The number of carboxylic acid groups (broad SMARTS) is 1. The van der Waals surface area contributed by atoms with Gasteiger partial charge in [-0.2, -0.15) is 0 Å². The summed E-state index contributed by atoms with van der Waals surface area (Å²) in [5.41, 5.74) is 0.878. The van der Waals surface area contributed by atoms with Crippen molar-refractivity contribution in [2.75, 3.05) is 13.1 Å². The molecule has 6 nitrogen and oxygen atoms in total. The second kappa shape index (κ2) is 4.26. The molecule has 1 aliphatic rings. The van der Waals surface area contributed by atoms with E-state index in [4.69, 9.17) is 9.52 Å². The zero-order valence-electron chi connectivity index (χ0n) is 8.55. The van der Waals surface area contributed by atoms with Gasteiger partial charge < -0.3 is 19.7 Å². The van der Waals surface area contributed by atoms with Crippen molar-refractivity contribution in [2.24, 2.45) is 5.92 Å². The lowest BCUT2D eigenvalue weighted by Crippen LogP contribution is -2.56. The van der Waals surface area contributed by atoms with Gasteiger partial charge in [0.25, 0.3) is 0 Å². The molecular weight excluding hydrogens is 212 g/mol. The Balaban J connectivity index is 1.72. The second-order valence-corrected chi connectivity index (χ2v) is 3.73. The standard InChI is InChI=1S/C10H12N2O4/c13-9(14)8-4-12(5-8)10(15)11-3-7-1-2-16-6-7/h1-2,6,8H,3-5H2,(H,11,15)(H,13,14). The molecule has 86 valence electrons. The van der Waals surface area contributed by atoms with Crippen LogP contribution < -0.4 is 5.32 Å². The minimum absolute atomic E-state index is 0.237. The number of likely N-dealkylation sites (tertiary alicyclic amines) is 1. The van der Waals surface area contributed by atoms with Crippen LogP contribution in [-0.4, -0.2) is 35.1 Å². The Bertz CT molecular complexity index is 382. The highest BCUT2D eigenvalue weighted by molar-refractivity contribution is 5.79. The number of hydrogen-bond donors (Lipinski definition) is 2. The number of aliphatic carboxylic acids is 1. The lowest BCUT2D eigenvalue weighted by molar-refractivity contribution is -0.146. The lowest BCUT2D eigenvalue weighted by Gasteiger charge is -2.36. The number of rotatable bonds is 3. The molecule has 1 aromatic rings. The van der Waals surface area contributed by atoms with Crippen molar-refractivity contribution >= 4 is 12.0 Å². The molecule has 2 N–H and O–H groups in total. The normalized spacial score (nSPS) is 15.6. The molecule has 0 atom stereocenters. The maximum absolute atomic E-state index is 11.5. The number of furan rings is 1. The van der Waals surface area contributed by atoms with Gasteiger partial charge in [0.05, 0.1) is 18.4 Å². The van der Waals surface area contributed by atoms with Gasteiger partial charge >= 0.3 is 12.0 Å². The Morgan fingerprint density at radius 1 is 1.56 bits per heavy atom. The van der Waals surface area contributed by atoms with E-state index in [2.05, 4.69) is 5.32 Å². The zero-order valence-corrected chi connectivity index (χ0v) is 8.55. The summed E-state index contributed by atoms with van der Waals surface area (Å²) >= 11 is 0. The quantitative estimate of drug-likeness (QED) is 0.783. The predicted octanol–water partition coefficient (Wildman–Crippen LogP) is 0.506. The molecule has 1 aromatic heterocycles. The molecule has 0 aromatic carbocycles. The van der Waals surface area contributed by atoms with Crippen LogP contribution in [0.1, 0.15) is 5.56 Å². The van der Waals surface area contributed by atoms with E-state index < -0.39 is 11.9 Å². The van der Waals surface area contributed by atoms with Crippen LogP contribution in [0.4, 0.5) is 4.79 Å². The van der Waals surface area contributed by atoms with E-state index in [0.29, 0.717) is 6.54 Å². The van der Waals surface area contributed by atoms with Gasteiger partial charge in [-0.3, -0.25) is 4.79 Å². The third-order valence-corrected chi connectivity index (χ3v) is 2.54. The molecule has 0 aliphatic carbocycles. The summed E-state index contributed by atoms with van der Waals surface area (Å²) in [7, 11) is 0. The summed E-state index contributed by atoms with van der Waals surface area (Å²) in [6.07, 6.45) is 3.09. The fourth-order valence-electron chi connectivity index (χ4n) is 1.48. The van der Waals surface area contributed by atoms with E-state index in [-0.39, 0.29) is 19.1 Å². The molecule has 1 saturated heterocycles. The minimum Gasteiger partial charge on any atom is -0.481 e. The minimum atomic E-state index is -0.848. The molecule has 2 heterocycles. The zero-order chi connectivity index (χ0) is 11.5. The van der Waals surface area contributed by atoms with Crippen LogP contribution in [-0.2, 0) is 11.3 Å². The lowest BCUT2D eigenvalue weighted by atomic mass is 10.0. The highest BCUT2D eigenvalue weighted by atomic mass is 16.4. The summed E-state index contributed by atoms with van der Waals surface area (Å²) in [6, 6.07) is 1.52. The molecule has 0 bridgehead atoms. The SMILES string of the molecule is O=C(O)C1CN(C(=O)NCc2ccoc2)C1. The third kappa shape index (κ3) is 2.16. The fraction of sp³-hybridized carbons (Fsp3) is 0.400. The third-order valence-electron chi connectivity index (χ3n) is 2.54. The first-order chi connectivity index (χ1) is 7.66. The molecule has 16 heavy (non-hydrogen) atoms. The van der Waals surface area contributed by atoms with E-state index in [1.165, 1.54) is 11.2 Å². The van der Waals surface area contributed by atoms with Crippen molar-refractivity contribution in [3.63, 3.8) is 0 Å². The molecule has 0 radical (unpaired) electrons. The summed E-state index contributed by atoms with van der Waals surface area (Å²) < 4.78 is 4.85. The maximum atomic E-state index is 11.5. The molecule has 0 unspecified atom stereocenters. The first-order valence-electron chi connectivity index (χ1n) is 4.93. The van der Waals surface area contributed by atoms with Gasteiger partial charge in [0.1, 0.15) is 0 Å². The van der Waals surface area contributed by atoms with Crippen molar-refractivity contribution in [2.45, 2.75) is 6.54 Å². The van der Waals surface area contributed by atoms with Crippen molar-refractivity contribution < 1.29 is 19.1 Å². The number of nitrogens with one attached hydrogen (secondary N) is 1. The first-order valence-corrected chi connectivity index (χ1v) is 4.93. The number of carbonyl (C=O) groups excluding carboxylic acids is 1. The predicted molar refractivity (Wildman–Crippen MR) is 53.6 cm³/mol. The van der Waals surface area contributed by atoms with Gasteiger partial charge in [-0.25, -0.2) is 4.79 Å². The molecular formula is C10H12N2O4. The van der Waals surface area contributed by atoms with Crippen molar-refractivity contribution in [3.8, 4) is 0 Å². The van der Waals surface area contributed by atoms with Crippen LogP contribution >= 0.6 is 0 Å². The Morgan fingerprint density at radius 3 is 2.88 bits per heavy atom. The maximum Gasteiger partial charge on any atom is 0.317 e.